The van der Waals surface area contributed by atoms with Crippen LogP contribution < -0.4 is 5.32 Å². The summed E-state index contributed by atoms with van der Waals surface area (Å²) in [7, 11) is 0. The molecule has 1 fully saturated rings. The largest absolute Gasteiger partial charge is 0.507 e. The van der Waals surface area contributed by atoms with Crippen molar-refractivity contribution in [2.45, 2.75) is 26.8 Å². The highest BCUT2D eigenvalue weighted by Crippen LogP contribution is 2.43. The molecule has 8 heteroatoms. The molecular weight excluding hydrogens is 352 g/mol. The summed E-state index contributed by atoms with van der Waals surface area (Å²) in [5.74, 6) is -4.75. The molecule has 1 aromatic rings. The van der Waals surface area contributed by atoms with Gasteiger partial charge in [0.25, 0.3) is 0 Å². The maximum Gasteiger partial charge on any atom is 0.195 e. The fraction of sp³-hybridized carbons (Fsp3) is 0.600. The maximum atomic E-state index is 14.2. The van der Waals surface area contributed by atoms with Crippen LogP contribution in [0.2, 0.25) is 0 Å². The Morgan fingerprint density at radius 1 is 1.09 bits per heavy atom. The minimum absolute atomic E-state index is 0. The summed E-state index contributed by atoms with van der Waals surface area (Å²) in [6.45, 7) is 8.44. The summed E-state index contributed by atoms with van der Waals surface area (Å²) in [5.41, 5.74) is -0.608. The van der Waals surface area contributed by atoms with Crippen molar-refractivity contribution in [2.24, 2.45) is 5.41 Å². The highest BCUT2D eigenvalue weighted by Gasteiger charge is 2.37. The van der Waals surface area contributed by atoms with E-state index in [-0.39, 0.29) is 30.4 Å². The van der Waals surface area contributed by atoms with E-state index in [2.05, 4.69) is 5.32 Å². The Labute approximate surface area is 147 Å². The van der Waals surface area contributed by atoms with Gasteiger partial charge in [-0.25, -0.2) is 13.2 Å². The number of aromatic hydroxyl groups is 1. The third kappa shape index (κ3) is 4.66. The van der Waals surface area contributed by atoms with Crippen LogP contribution in [0, 0.1) is 22.9 Å². The summed E-state index contributed by atoms with van der Waals surface area (Å²) in [5, 5.41) is 13.2. The van der Waals surface area contributed by atoms with Crippen LogP contribution in [0.3, 0.4) is 0 Å². The molecule has 134 valence electrons. The zero-order valence-electron chi connectivity index (χ0n) is 13.3. The van der Waals surface area contributed by atoms with Crippen molar-refractivity contribution in [1.29, 1.82) is 0 Å². The molecule has 3 nitrogen and oxygen atoms in total. The molecule has 1 saturated heterocycles. The van der Waals surface area contributed by atoms with Gasteiger partial charge in [0, 0.05) is 38.3 Å². The summed E-state index contributed by atoms with van der Waals surface area (Å²) in [4.78, 5) is 1.99. The van der Waals surface area contributed by atoms with E-state index in [0.717, 1.165) is 13.1 Å². The first-order valence-corrected chi connectivity index (χ1v) is 7.04. The SMILES string of the molecule is CC(C)(C)[C@@H](c1c(O)cc(F)c(F)c1F)N1CCNCC1.Cl.Cl. The highest BCUT2D eigenvalue weighted by atomic mass is 35.5. The molecule has 0 unspecified atom stereocenters. The number of rotatable bonds is 2. The van der Waals surface area contributed by atoms with Gasteiger partial charge < -0.3 is 10.4 Å². The second kappa shape index (κ2) is 8.42. The predicted octanol–water partition coefficient (Wildman–Crippen LogP) is 3.65. The van der Waals surface area contributed by atoms with Crippen LogP contribution in [0.1, 0.15) is 32.4 Å². The first-order valence-electron chi connectivity index (χ1n) is 7.04. The Balaban J connectivity index is 0.00000242. The van der Waals surface area contributed by atoms with Crippen LogP contribution in [0.4, 0.5) is 13.2 Å². The lowest BCUT2D eigenvalue weighted by molar-refractivity contribution is 0.0804. The van der Waals surface area contributed by atoms with Crippen molar-refractivity contribution in [2.75, 3.05) is 26.2 Å². The molecule has 0 radical (unpaired) electrons. The molecule has 2 rings (SSSR count). The van der Waals surface area contributed by atoms with Gasteiger partial charge in [-0.2, -0.15) is 0 Å². The molecule has 0 amide bonds. The third-order valence-electron chi connectivity index (χ3n) is 3.79. The number of phenols is 1. The quantitative estimate of drug-likeness (QED) is 0.775. The van der Waals surface area contributed by atoms with Gasteiger partial charge in [0.15, 0.2) is 17.5 Å². The van der Waals surface area contributed by atoms with Crippen molar-refractivity contribution in [3.05, 3.63) is 29.1 Å². The van der Waals surface area contributed by atoms with E-state index in [0.29, 0.717) is 19.2 Å². The van der Waals surface area contributed by atoms with Gasteiger partial charge in [-0.3, -0.25) is 4.90 Å². The zero-order valence-corrected chi connectivity index (χ0v) is 15.0. The average Bonchev–Trinajstić information content (AvgIpc) is 2.40. The molecule has 23 heavy (non-hydrogen) atoms. The van der Waals surface area contributed by atoms with Crippen LogP contribution in [0.25, 0.3) is 0 Å². The predicted molar refractivity (Wildman–Crippen MR) is 89.1 cm³/mol. The number of piperazine rings is 1. The minimum Gasteiger partial charge on any atom is -0.507 e. The molecule has 2 N–H and O–H groups in total. The molecule has 1 aromatic carbocycles. The number of halogens is 5. The second-order valence-corrected chi connectivity index (χ2v) is 6.47. The zero-order chi connectivity index (χ0) is 15.8. The van der Waals surface area contributed by atoms with Crippen LogP contribution in [-0.2, 0) is 0 Å². The Morgan fingerprint density at radius 3 is 2.09 bits per heavy atom. The lowest BCUT2D eigenvalue weighted by Crippen LogP contribution is -2.48. The molecule has 0 aromatic heterocycles. The van der Waals surface area contributed by atoms with Crippen molar-refractivity contribution in [1.82, 2.24) is 10.2 Å². The standard InChI is InChI=1S/C15H21F3N2O.2ClH/c1-15(2,3)14(20-6-4-19-5-7-20)11-10(21)8-9(16)12(17)13(11)18;;/h8,14,19,21H,4-7H2,1-3H3;2*1H/t14-;;/m1../s1. The van der Waals surface area contributed by atoms with Gasteiger partial charge in [0.1, 0.15) is 5.75 Å². The van der Waals surface area contributed by atoms with Gasteiger partial charge >= 0.3 is 0 Å². The van der Waals surface area contributed by atoms with Crippen molar-refractivity contribution >= 4 is 24.8 Å². The van der Waals surface area contributed by atoms with Crippen LogP contribution in [0.5, 0.6) is 5.75 Å². The Hall–Kier alpha value is -0.690. The van der Waals surface area contributed by atoms with E-state index in [4.69, 9.17) is 0 Å². The number of hydrogen-bond acceptors (Lipinski definition) is 3. The Bertz CT molecular complexity index is 532. The molecule has 0 saturated carbocycles. The number of hydrogen-bond donors (Lipinski definition) is 2. The number of nitrogens with zero attached hydrogens (tertiary/aromatic N) is 1. The fourth-order valence-electron chi connectivity index (χ4n) is 2.96. The average molecular weight is 375 g/mol. The molecular formula is C15H23Cl2F3N2O. The van der Waals surface area contributed by atoms with Gasteiger partial charge in [0.2, 0.25) is 0 Å². The fourth-order valence-corrected chi connectivity index (χ4v) is 2.96. The molecule has 0 spiro atoms. The molecule has 1 aliphatic heterocycles. The van der Waals surface area contributed by atoms with Gasteiger partial charge in [0.05, 0.1) is 5.56 Å². The van der Waals surface area contributed by atoms with E-state index < -0.39 is 34.7 Å². The summed E-state index contributed by atoms with van der Waals surface area (Å²) in [6.07, 6.45) is 0. The third-order valence-corrected chi connectivity index (χ3v) is 3.79. The van der Waals surface area contributed by atoms with Crippen molar-refractivity contribution in [3.8, 4) is 5.75 Å². The normalized spacial score (nSPS) is 17.1. The van der Waals surface area contributed by atoms with E-state index in [1.807, 2.05) is 25.7 Å². The summed E-state index contributed by atoms with van der Waals surface area (Å²) in [6, 6.07) is 0.115. The van der Waals surface area contributed by atoms with Gasteiger partial charge in [-0.05, 0) is 5.41 Å². The highest BCUT2D eigenvalue weighted by molar-refractivity contribution is 5.85. The number of phenolic OH excluding ortho intramolecular Hbond substituents is 1. The van der Waals surface area contributed by atoms with Crippen LogP contribution in [0.15, 0.2) is 6.07 Å². The molecule has 1 heterocycles. The van der Waals surface area contributed by atoms with Crippen molar-refractivity contribution in [3.63, 3.8) is 0 Å². The molecule has 0 bridgehead atoms. The monoisotopic (exact) mass is 374 g/mol. The topological polar surface area (TPSA) is 35.5 Å². The summed E-state index contributed by atoms with van der Waals surface area (Å²) >= 11 is 0. The molecule has 1 aliphatic rings. The van der Waals surface area contributed by atoms with E-state index >= 15 is 0 Å². The van der Waals surface area contributed by atoms with Crippen molar-refractivity contribution < 1.29 is 18.3 Å². The smallest absolute Gasteiger partial charge is 0.195 e. The Morgan fingerprint density at radius 2 is 1.61 bits per heavy atom. The van der Waals surface area contributed by atoms with E-state index in [9.17, 15) is 18.3 Å². The second-order valence-electron chi connectivity index (χ2n) is 6.47. The van der Waals surface area contributed by atoms with E-state index in [1.165, 1.54) is 0 Å². The number of benzene rings is 1. The molecule has 1 atom stereocenters. The first kappa shape index (κ1) is 22.3. The first-order chi connectivity index (χ1) is 9.73. The lowest BCUT2D eigenvalue weighted by atomic mass is 9.80. The molecule has 0 aliphatic carbocycles. The number of nitrogens with one attached hydrogen (secondary N) is 1. The van der Waals surface area contributed by atoms with Crippen LogP contribution >= 0.6 is 24.8 Å². The minimum atomic E-state index is -1.54. The van der Waals surface area contributed by atoms with Crippen LogP contribution in [-0.4, -0.2) is 36.2 Å². The maximum absolute atomic E-state index is 14.2. The van der Waals surface area contributed by atoms with Gasteiger partial charge in [-0.1, -0.05) is 20.8 Å². The Kier molecular flexibility index (Phi) is 8.17. The lowest BCUT2D eigenvalue weighted by Gasteiger charge is -2.42. The van der Waals surface area contributed by atoms with E-state index in [1.54, 1.807) is 0 Å². The van der Waals surface area contributed by atoms with Gasteiger partial charge in [-0.15, -0.1) is 24.8 Å². The summed E-state index contributed by atoms with van der Waals surface area (Å²) < 4.78 is 41.1.